The molecule has 2 rings (SSSR count). The molecule has 0 bridgehead atoms. The van der Waals surface area contributed by atoms with Gasteiger partial charge in [0.05, 0.1) is 7.11 Å². The highest BCUT2D eigenvalue weighted by Crippen LogP contribution is 2.37. The highest BCUT2D eigenvalue weighted by atomic mass is 16.5. The van der Waals surface area contributed by atoms with Crippen molar-refractivity contribution >= 4 is 5.97 Å². The maximum atomic E-state index is 12.0. The van der Waals surface area contributed by atoms with Crippen LogP contribution in [0.2, 0.25) is 0 Å². The van der Waals surface area contributed by atoms with Gasteiger partial charge in [0.15, 0.2) is 0 Å². The summed E-state index contributed by atoms with van der Waals surface area (Å²) >= 11 is 0. The van der Waals surface area contributed by atoms with Crippen LogP contribution in [-0.2, 0) is 9.53 Å². The summed E-state index contributed by atoms with van der Waals surface area (Å²) in [6.45, 7) is 5.70. The van der Waals surface area contributed by atoms with Gasteiger partial charge in [0, 0.05) is 12.1 Å². The Balaban J connectivity index is 1.94. The van der Waals surface area contributed by atoms with Crippen LogP contribution in [0.4, 0.5) is 0 Å². The Kier molecular flexibility index (Phi) is 5.08. The molecule has 0 aromatic heterocycles. The summed E-state index contributed by atoms with van der Waals surface area (Å²) in [4.78, 5) is 14.6. The normalized spacial score (nSPS) is 38.9. The molecule has 2 N–H and O–H groups in total. The van der Waals surface area contributed by atoms with Crippen LogP contribution >= 0.6 is 0 Å². The molecular weight excluding hydrogens is 252 g/mol. The highest BCUT2D eigenvalue weighted by molar-refractivity contribution is 5.81. The number of hydrogen-bond acceptors (Lipinski definition) is 4. The molecule has 0 spiro atoms. The highest BCUT2D eigenvalue weighted by Gasteiger charge is 2.46. The van der Waals surface area contributed by atoms with E-state index in [4.69, 9.17) is 10.5 Å². The summed E-state index contributed by atoms with van der Waals surface area (Å²) in [7, 11) is 1.45. The first-order valence-corrected chi connectivity index (χ1v) is 8.12. The number of ether oxygens (including phenoxy) is 1. The molecule has 2 fully saturated rings. The number of carbonyl (C=O) groups excluding carboxylic acids is 1. The molecule has 116 valence electrons. The van der Waals surface area contributed by atoms with Crippen LogP contribution in [0.3, 0.4) is 0 Å². The van der Waals surface area contributed by atoms with Gasteiger partial charge in [-0.15, -0.1) is 0 Å². The van der Waals surface area contributed by atoms with Gasteiger partial charge in [0.2, 0.25) is 0 Å². The molecule has 0 radical (unpaired) electrons. The van der Waals surface area contributed by atoms with E-state index < -0.39 is 5.54 Å². The molecule has 1 aliphatic heterocycles. The van der Waals surface area contributed by atoms with Crippen molar-refractivity contribution in [1.29, 1.82) is 0 Å². The third-order valence-electron chi connectivity index (χ3n) is 5.55. The van der Waals surface area contributed by atoms with Gasteiger partial charge < -0.3 is 10.5 Å². The summed E-state index contributed by atoms with van der Waals surface area (Å²) in [5.41, 5.74) is 5.61. The Morgan fingerprint density at radius 2 is 1.90 bits per heavy atom. The minimum absolute atomic E-state index is 0.222. The zero-order valence-corrected chi connectivity index (χ0v) is 13.2. The molecule has 1 aliphatic carbocycles. The van der Waals surface area contributed by atoms with Crippen LogP contribution in [0.25, 0.3) is 0 Å². The minimum atomic E-state index is -0.739. The fourth-order valence-electron chi connectivity index (χ4n) is 4.18. The van der Waals surface area contributed by atoms with Crippen molar-refractivity contribution in [3.63, 3.8) is 0 Å². The number of piperidine rings is 1. The van der Waals surface area contributed by atoms with Crippen LogP contribution in [0.15, 0.2) is 0 Å². The largest absolute Gasteiger partial charge is 0.468 e. The van der Waals surface area contributed by atoms with Crippen LogP contribution in [0.5, 0.6) is 0 Å². The molecule has 4 unspecified atom stereocenters. The van der Waals surface area contributed by atoms with Crippen molar-refractivity contribution in [2.24, 2.45) is 11.7 Å². The molecule has 1 heterocycles. The third kappa shape index (κ3) is 3.01. The van der Waals surface area contributed by atoms with Gasteiger partial charge in [0.1, 0.15) is 5.54 Å². The molecule has 0 aromatic carbocycles. The van der Waals surface area contributed by atoms with E-state index in [1.165, 1.54) is 26.4 Å². The number of nitrogens with zero attached hydrogens (tertiary/aromatic N) is 1. The van der Waals surface area contributed by atoms with E-state index in [1.54, 1.807) is 0 Å². The van der Waals surface area contributed by atoms with E-state index in [0.29, 0.717) is 12.1 Å². The van der Waals surface area contributed by atoms with Gasteiger partial charge in [0.25, 0.3) is 0 Å². The maximum Gasteiger partial charge on any atom is 0.326 e. The molecule has 1 saturated carbocycles. The lowest BCUT2D eigenvalue weighted by Crippen LogP contribution is -2.53. The van der Waals surface area contributed by atoms with Crippen molar-refractivity contribution in [2.45, 2.75) is 76.4 Å². The standard InChI is InChI=1S/C16H30N2O2/c1-12-6-4-7-13(2)18(12)11-9-14-8-5-10-16(14,17)15(19)20-3/h12-14H,4-11,17H2,1-3H3. The predicted molar refractivity (Wildman–Crippen MR) is 80.4 cm³/mol. The number of esters is 1. The molecule has 20 heavy (non-hydrogen) atoms. The molecule has 0 aromatic rings. The quantitative estimate of drug-likeness (QED) is 0.804. The van der Waals surface area contributed by atoms with Gasteiger partial charge in [-0.2, -0.15) is 0 Å². The summed E-state index contributed by atoms with van der Waals surface area (Å²) < 4.78 is 4.92. The Hall–Kier alpha value is -0.610. The fourth-order valence-corrected chi connectivity index (χ4v) is 4.18. The second-order valence-corrected chi connectivity index (χ2v) is 6.78. The summed E-state index contributed by atoms with van der Waals surface area (Å²) in [5, 5.41) is 0. The zero-order valence-electron chi connectivity index (χ0n) is 13.2. The average molecular weight is 282 g/mol. The number of hydrogen-bond donors (Lipinski definition) is 1. The van der Waals surface area contributed by atoms with E-state index in [0.717, 1.165) is 32.2 Å². The van der Waals surface area contributed by atoms with E-state index >= 15 is 0 Å². The number of methoxy groups -OCH3 is 1. The summed E-state index contributed by atoms with van der Waals surface area (Å²) in [6, 6.07) is 1.32. The van der Waals surface area contributed by atoms with E-state index in [-0.39, 0.29) is 11.9 Å². The van der Waals surface area contributed by atoms with Gasteiger partial charge in [-0.1, -0.05) is 12.8 Å². The van der Waals surface area contributed by atoms with Crippen LogP contribution in [0, 0.1) is 5.92 Å². The Labute approximate surface area is 123 Å². The summed E-state index contributed by atoms with van der Waals surface area (Å²) in [5.74, 6) is 0.0519. The van der Waals surface area contributed by atoms with Gasteiger partial charge in [-0.25, -0.2) is 0 Å². The number of likely N-dealkylation sites (tertiary alicyclic amines) is 1. The molecule has 4 nitrogen and oxygen atoms in total. The third-order valence-corrected chi connectivity index (χ3v) is 5.55. The van der Waals surface area contributed by atoms with Crippen molar-refractivity contribution < 1.29 is 9.53 Å². The lowest BCUT2D eigenvalue weighted by Gasteiger charge is -2.40. The maximum absolute atomic E-state index is 12.0. The second-order valence-electron chi connectivity index (χ2n) is 6.78. The number of rotatable bonds is 4. The molecule has 2 aliphatic rings. The van der Waals surface area contributed by atoms with Crippen molar-refractivity contribution in [2.75, 3.05) is 13.7 Å². The lowest BCUT2D eigenvalue weighted by atomic mass is 9.85. The molecule has 4 atom stereocenters. The van der Waals surface area contributed by atoms with Crippen LogP contribution in [0.1, 0.15) is 58.8 Å². The minimum Gasteiger partial charge on any atom is -0.468 e. The SMILES string of the molecule is COC(=O)C1(N)CCCC1CCN1C(C)CCCC1C. The van der Waals surface area contributed by atoms with Crippen molar-refractivity contribution in [3.8, 4) is 0 Å². The van der Waals surface area contributed by atoms with Gasteiger partial charge in [-0.05, 0) is 58.4 Å². The molecule has 4 heteroatoms. The topological polar surface area (TPSA) is 55.6 Å². The lowest BCUT2D eigenvalue weighted by molar-refractivity contribution is -0.148. The van der Waals surface area contributed by atoms with Crippen LogP contribution in [-0.4, -0.2) is 42.1 Å². The fraction of sp³-hybridized carbons (Fsp3) is 0.938. The first-order chi connectivity index (χ1) is 9.49. The Bertz CT molecular complexity index is 337. The predicted octanol–water partition coefficient (Wildman–Crippen LogP) is 2.31. The Morgan fingerprint density at radius 1 is 1.25 bits per heavy atom. The summed E-state index contributed by atoms with van der Waals surface area (Å²) in [6.07, 6.45) is 7.81. The molecular formula is C16H30N2O2. The average Bonchev–Trinajstić information content (AvgIpc) is 2.80. The molecule has 0 amide bonds. The van der Waals surface area contributed by atoms with Crippen molar-refractivity contribution in [1.82, 2.24) is 4.90 Å². The molecule has 1 saturated heterocycles. The van der Waals surface area contributed by atoms with E-state index in [9.17, 15) is 4.79 Å². The van der Waals surface area contributed by atoms with Crippen molar-refractivity contribution in [3.05, 3.63) is 0 Å². The van der Waals surface area contributed by atoms with Gasteiger partial charge >= 0.3 is 5.97 Å². The Morgan fingerprint density at radius 3 is 2.50 bits per heavy atom. The van der Waals surface area contributed by atoms with E-state index in [2.05, 4.69) is 18.7 Å². The van der Waals surface area contributed by atoms with Crippen LogP contribution < -0.4 is 5.73 Å². The number of nitrogens with two attached hydrogens (primary N) is 1. The first-order valence-electron chi connectivity index (χ1n) is 8.12. The number of carbonyl (C=O) groups is 1. The first kappa shape index (κ1) is 15.8. The monoisotopic (exact) mass is 282 g/mol. The van der Waals surface area contributed by atoms with E-state index in [1.807, 2.05) is 0 Å². The van der Waals surface area contributed by atoms with Gasteiger partial charge in [-0.3, -0.25) is 9.69 Å². The zero-order chi connectivity index (χ0) is 14.8. The second kappa shape index (κ2) is 6.44. The smallest absolute Gasteiger partial charge is 0.326 e.